The van der Waals surface area contributed by atoms with Crippen LogP contribution >= 0.6 is 0 Å². The second-order valence-corrected chi connectivity index (χ2v) is 4.82. The average molecular weight is 277 g/mol. The van der Waals surface area contributed by atoms with Gasteiger partial charge in [0.2, 0.25) is 0 Å². The van der Waals surface area contributed by atoms with Gasteiger partial charge in [-0.05, 0) is 18.2 Å². The van der Waals surface area contributed by atoms with Gasteiger partial charge in [0.1, 0.15) is 11.3 Å². The van der Waals surface area contributed by atoms with Gasteiger partial charge < -0.3 is 4.42 Å². The van der Waals surface area contributed by atoms with Gasteiger partial charge >= 0.3 is 0 Å². The molecule has 0 radical (unpaired) electrons. The third-order valence-electron chi connectivity index (χ3n) is 3.43. The van der Waals surface area contributed by atoms with E-state index in [1.165, 1.54) is 6.33 Å². The van der Waals surface area contributed by atoms with E-state index in [0.29, 0.717) is 17.4 Å². The summed E-state index contributed by atoms with van der Waals surface area (Å²) in [4.78, 5) is 20.6. The molecule has 5 nitrogen and oxygen atoms in total. The molecular weight excluding hydrogens is 266 g/mol. The van der Waals surface area contributed by atoms with Crippen LogP contribution in [0.1, 0.15) is 5.76 Å². The van der Waals surface area contributed by atoms with Crippen LogP contribution in [0.4, 0.5) is 0 Å². The van der Waals surface area contributed by atoms with Gasteiger partial charge in [0, 0.05) is 11.6 Å². The van der Waals surface area contributed by atoms with Gasteiger partial charge in [0.15, 0.2) is 0 Å². The predicted molar refractivity (Wildman–Crippen MR) is 79.1 cm³/mol. The minimum Gasteiger partial charge on any atom is -0.459 e. The SMILES string of the molecule is O=c1c2ccncc2ncn1Cc1cc2ccccc2o1. The third-order valence-corrected chi connectivity index (χ3v) is 3.43. The largest absolute Gasteiger partial charge is 0.459 e. The number of fused-ring (bicyclic) bond motifs is 2. The number of nitrogens with zero attached hydrogens (tertiary/aromatic N) is 3. The minimum absolute atomic E-state index is 0.0946. The highest BCUT2D eigenvalue weighted by atomic mass is 16.3. The van der Waals surface area contributed by atoms with Crippen LogP contribution < -0.4 is 5.56 Å². The smallest absolute Gasteiger partial charge is 0.261 e. The van der Waals surface area contributed by atoms with Crippen LogP contribution in [0.2, 0.25) is 0 Å². The van der Waals surface area contributed by atoms with E-state index in [4.69, 9.17) is 4.42 Å². The Morgan fingerprint density at radius 3 is 3.00 bits per heavy atom. The molecule has 5 heteroatoms. The quantitative estimate of drug-likeness (QED) is 0.565. The maximum absolute atomic E-state index is 12.4. The molecule has 4 rings (SSSR count). The molecule has 0 spiro atoms. The van der Waals surface area contributed by atoms with Crippen molar-refractivity contribution in [3.8, 4) is 0 Å². The maximum atomic E-state index is 12.4. The standard InChI is InChI=1S/C16H11N3O2/c20-16-13-5-6-17-8-14(13)18-10-19(16)9-12-7-11-3-1-2-4-15(11)21-12/h1-8,10H,9H2. The highest BCUT2D eigenvalue weighted by molar-refractivity contribution is 5.78. The molecule has 0 aliphatic heterocycles. The van der Waals surface area contributed by atoms with Crippen molar-refractivity contribution in [2.24, 2.45) is 0 Å². The zero-order valence-corrected chi connectivity index (χ0v) is 11.1. The van der Waals surface area contributed by atoms with Crippen molar-refractivity contribution in [2.75, 3.05) is 0 Å². The summed E-state index contributed by atoms with van der Waals surface area (Å²) < 4.78 is 7.28. The third kappa shape index (κ3) is 1.99. The lowest BCUT2D eigenvalue weighted by atomic mass is 10.2. The monoisotopic (exact) mass is 277 g/mol. The average Bonchev–Trinajstić information content (AvgIpc) is 2.93. The van der Waals surface area contributed by atoms with Crippen LogP contribution in [0.25, 0.3) is 21.9 Å². The highest BCUT2D eigenvalue weighted by Gasteiger charge is 2.07. The first-order valence-corrected chi connectivity index (χ1v) is 6.58. The zero-order chi connectivity index (χ0) is 14.2. The molecule has 0 amide bonds. The van der Waals surface area contributed by atoms with Crippen LogP contribution in [0.15, 0.2) is 64.3 Å². The van der Waals surface area contributed by atoms with E-state index in [0.717, 1.165) is 16.7 Å². The first kappa shape index (κ1) is 11.8. The van der Waals surface area contributed by atoms with Crippen molar-refractivity contribution in [1.82, 2.24) is 14.5 Å². The molecule has 0 unspecified atom stereocenters. The first-order chi connectivity index (χ1) is 10.3. The van der Waals surface area contributed by atoms with E-state index in [-0.39, 0.29) is 5.56 Å². The minimum atomic E-state index is -0.0946. The molecule has 0 N–H and O–H groups in total. The van der Waals surface area contributed by atoms with E-state index >= 15 is 0 Å². The van der Waals surface area contributed by atoms with Gasteiger partial charge in [-0.15, -0.1) is 0 Å². The topological polar surface area (TPSA) is 60.9 Å². The Bertz CT molecular complexity index is 968. The Morgan fingerprint density at radius 2 is 2.10 bits per heavy atom. The van der Waals surface area contributed by atoms with E-state index in [1.54, 1.807) is 23.0 Å². The second kappa shape index (κ2) is 4.56. The summed E-state index contributed by atoms with van der Waals surface area (Å²) in [6.07, 6.45) is 4.71. The lowest BCUT2D eigenvalue weighted by Gasteiger charge is -2.03. The number of hydrogen-bond donors (Lipinski definition) is 0. The van der Waals surface area contributed by atoms with E-state index in [9.17, 15) is 4.79 Å². The van der Waals surface area contributed by atoms with E-state index in [1.807, 2.05) is 30.3 Å². The van der Waals surface area contributed by atoms with Crippen LogP contribution in [0, 0.1) is 0 Å². The van der Waals surface area contributed by atoms with E-state index in [2.05, 4.69) is 9.97 Å². The van der Waals surface area contributed by atoms with Crippen molar-refractivity contribution >= 4 is 21.9 Å². The number of aromatic nitrogens is 3. The summed E-state index contributed by atoms with van der Waals surface area (Å²) in [6.45, 7) is 0.360. The molecule has 3 heterocycles. The lowest BCUT2D eigenvalue weighted by molar-refractivity contribution is 0.522. The summed E-state index contributed by atoms with van der Waals surface area (Å²) >= 11 is 0. The summed E-state index contributed by atoms with van der Waals surface area (Å²) in [6, 6.07) is 11.4. The molecule has 102 valence electrons. The van der Waals surface area contributed by atoms with Gasteiger partial charge in [-0.2, -0.15) is 0 Å². The van der Waals surface area contributed by atoms with Gasteiger partial charge in [0.05, 0.1) is 30.0 Å². The molecule has 0 saturated carbocycles. The molecule has 0 atom stereocenters. The number of benzene rings is 1. The molecule has 4 aromatic rings. The fourth-order valence-corrected chi connectivity index (χ4v) is 2.40. The van der Waals surface area contributed by atoms with Crippen LogP contribution in [0.5, 0.6) is 0 Å². The molecule has 21 heavy (non-hydrogen) atoms. The number of hydrogen-bond acceptors (Lipinski definition) is 4. The predicted octanol–water partition coefficient (Wildman–Crippen LogP) is 2.59. The fraction of sp³-hybridized carbons (Fsp3) is 0.0625. The van der Waals surface area contributed by atoms with Crippen molar-refractivity contribution < 1.29 is 4.42 Å². The summed E-state index contributed by atoms with van der Waals surface area (Å²) in [5.41, 5.74) is 1.32. The number of pyridine rings is 1. The van der Waals surface area contributed by atoms with Gasteiger partial charge in [-0.25, -0.2) is 4.98 Å². The second-order valence-electron chi connectivity index (χ2n) is 4.82. The van der Waals surface area contributed by atoms with Crippen molar-refractivity contribution in [3.63, 3.8) is 0 Å². The highest BCUT2D eigenvalue weighted by Crippen LogP contribution is 2.19. The molecule has 0 aliphatic rings. The summed E-state index contributed by atoms with van der Waals surface area (Å²) in [5, 5.41) is 1.59. The number of furan rings is 1. The first-order valence-electron chi connectivity index (χ1n) is 6.58. The molecule has 0 aliphatic carbocycles. The van der Waals surface area contributed by atoms with Crippen molar-refractivity contribution in [3.05, 3.63) is 71.2 Å². The molecule has 3 aromatic heterocycles. The Hall–Kier alpha value is -2.95. The molecule has 0 fully saturated rings. The van der Waals surface area contributed by atoms with Gasteiger partial charge in [-0.1, -0.05) is 18.2 Å². The van der Waals surface area contributed by atoms with Crippen LogP contribution in [-0.4, -0.2) is 14.5 Å². The molecule has 0 bridgehead atoms. The van der Waals surface area contributed by atoms with Crippen LogP contribution in [-0.2, 0) is 6.54 Å². The fourth-order valence-electron chi connectivity index (χ4n) is 2.40. The Morgan fingerprint density at radius 1 is 1.19 bits per heavy atom. The summed E-state index contributed by atoms with van der Waals surface area (Å²) in [5.74, 6) is 0.730. The van der Waals surface area contributed by atoms with Crippen molar-refractivity contribution in [2.45, 2.75) is 6.54 Å². The molecule has 1 aromatic carbocycles. The normalized spacial score (nSPS) is 11.2. The van der Waals surface area contributed by atoms with Gasteiger partial charge in [-0.3, -0.25) is 14.3 Å². The van der Waals surface area contributed by atoms with Crippen LogP contribution in [0.3, 0.4) is 0 Å². The maximum Gasteiger partial charge on any atom is 0.261 e. The summed E-state index contributed by atoms with van der Waals surface area (Å²) in [7, 11) is 0. The Balaban J connectivity index is 1.80. The number of rotatable bonds is 2. The Kier molecular flexibility index (Phi) is 2.57. The lowest BCUT2D eigenvalue weighted by Crippen LogP contribution is -2.20. The van der Waals surface area contributed by atoms with Gasteiger partial charge in [0.25, 0.3) is 5.56 Å². The number of para-hydroxylation sites is 1. The molecular formula is C16H11N3O2. The van der Waals surface area contributed by atoms with Crippen molar-refractivity contribution in [1.29, 1.82) is 0 Å². The van der Waals surface area contributed by atoms with E-state index < -0.39 is 0 Å². The Labute approximate surface area is 119 Å². The molecule has 0 saturated heterocycles. The zero-order valence-electron chi connectivity index (χ0n) is 11.1.